The Kier molecular flexibility index (Phi) is 5.31. The van der Waals surface area contributed by atoms with E-state index in [4.69, 9.17) is 5.10 Å². The summed E-state index contributed by atoms with van der Waals surface area (Å²) in [5, 5.41) is 13.1. The second-order valence-corrected chi connectivity index (χ2v) is 9.05. The molecule has 0 aliphatic rings. The van der Waals surface area contributed by atoms with Crippen LogP contribution in [0.2, 0.25) is 0 Å². The Morgan fingerprint density at radius 3 is 2.58 bits per heavy atom. The summed E-state index contributed by atoms with van der Waals surface area (Å²) in [5.41, 5.74) is 4.03. The van der Waals surface area contributed by atoms with Crippen LogP contribution in [0, 0.1) is 0 Å². The Labute approximate surface area is 191 Å². The van der Waals surface area contributed by atoms with E-state index in [2.05, 4.69) is 19.9 Å². The van der Waals surface area contributed by atoms with Gasteiger partial charge in [-0.05, 0) is 54.4 Å². The molecular weight excluding hydrogens is 436 g/mol. The van der Waals surface area contributed by atoms with Crippen LogP contribution in [0.1, 0.15) is 12.5 Å². The molecule has 0 aliphatic heterocycles. The van der Waals surface area contributed by atoms with Crippen molar-refractivity contribution in [1.82, 2.24) is 24.8 Å². The molecule has 0 aliphatic carbocycles. The third-order valence-electron chi connectivity index (χ3n) is 5.24. The van der Waals surface area contributed by atoms with Crippen LogP contribution in [-0.4, -0.2) is 33.2 Å². The van der Waals surface area contributed by atoms with Crippen LogP contribution in [0.25, 0.3) is 28.3 Å². The van der Waals surface area contributed by atoms with Gasteiger partial charge >= 0.3 is 0 Å². The Bertz CT molecular complexity index is 1550. The molecule has 0 radical (unpaired) electrons. The maximum atomic E-state index is 13.0. The van der Waals surface area contributed by atoms with Crippen molar-refractivity contribution in [2.75, 3.05) is 4.72 Å². The quantitative estimate of drug-likeness (QED) is 0.411. The third kappa shape index (κ3) is 4.06. The topological polar surface area (TPSA) is 102 Å². The Morgan fingerprint density at radius 2 is 1.76 bits per heavy atom. The van der Waals surface area contributed by atoms with E-state index in [-0.39, 0.29) is 4.90 Å². The van der Waals surface area contributed by atoms with Gasteiger partial charge in [0.2, 0.25) is 0 Å². The highest BCUT2D eigenvalue weighted by atomic mass is 32.2. The minimum absolute atomic E-state index is 0.281. The van der Waals surface area contributed by atoms with Gasteiger partial charge in [-0.2, -0.15) is 9.61 Å². The van der Waals surface area contributed by atoms with Crippen molar-refractivity contribution < 1.29 is 8.42 Å². The molecule has 2 aromatic carbocycles. The molecule has 33 heavy (non-hydrogen) atoms. The van der Waals surface area contributed by atoms with Gasteiger partial charge in [0.05, 0.1) is 10.6 Å². The SMILES string of the molecule is CCc1ccccc1S(=O)(=O)Nc1cccc(-c2ccc3nnc(-c4cccnc4)n3n2)c1. The lowest BCUT2D eigenvalue weighted by Crippen LogP contribution is -2.14. The number of benzene rings is 2. The zero-order valence-corrected chi connectivity index (χ0v) is 18.6. The van der Waals surface area contributed by atoms with Crippen LogP contribution in [0.15, 0.2) is 90.1 Å². The van der Waals surface area contributed by atoms with Crippen molar-refractivity contribution in [2.45, 2.75) is 18.2 Å². The van der Waals surface area contributed by atoms with Crippen molar-refractivity contribution >= 4 is 21.4 Å². The van der Waals surface area contributed by atoms with E-state index in [9.17, 15) is 8.42 Å². The Balaban J connectivity index is 1.51. The normalized spacial score (nSPS) is 11.5. The Morgan fingerprint density at radius 1 is 0.909 bits per heavy atom. The van der Waals surface area contributed by atoms with Crippen molar-refractivity contribution in [1.29, 1.82) is 0 Å². The summed E-state index contributed by atoms with van der Waals surface area (Å²) < 4.78 is 30.4. The van der Waals surface area contributed by atoms with Gasteiger partial charge in [-0.3, -0.25) is 9.71 Å². The van der Waals surface area contributed by atoms with Crippen LogP contribution in [0.3, 0.4) is 0 Å². The molecule has 8 nitrogen and oxygen atoms in total. The third-order valence-corrected chi connectivity index (χ3v) is 6.72. The number of hydrogen-bond acceptors (Lipinski definition) is 6. The lowest BCUT2D eigenvalue weighted by Gasteiger charge is -2.12. The Hall–Kier alpha value is -4.11. The first-order valence-corrected chi connectivity index (χ1v) is 11.9. The number of fused-ring (bicyclic) bond motifs is 1. The molecule has 0 saturated heterocycles. The number of pyridine rings is 1. The number of rotatable bonds is 6. The molecule has 9 heteroatoms. The van der Waals surface area contributed by atoms with Crippen LogP contribution in [0.5, 0.6) is 0 Å². The molecule has 164 valence electrons. The predicted octanol–water partition coefficient (Wildman–Crippen LogP) is 4.22. The molecule has 0 spiro atoms. The number of aromatic nitrogens is 5. The van der Waals surface area contributed by atoms with Crippen LogP contribution >= 0.6 is 0 Å². The van der Waals surface area contributed by atoms with Crippen LogP contribution in [-0.2, 0) is 16.4 Å². The fraction of sp³-hybridized carbons (Fsp3) is 0.0833. The van der Waals surface area contributed by atoms with Crippen LogP contribution < -0.4 is 4.72 Å². The number of aryl methyl sites for hydroxylation is 1. The first kappa shape index (κ1) is 20.8. The summed E-state index contributed by atoms with van der Waals surface area (Å²) in [4.78, 5) is 4.42. The molecule has 3 heterocycles. The highest BCUT2D eigenvalue weighted by Crippen LogP contribution is 2.25. The van der Waals surface area contributed by atoms with E-state index in [1.165, 1.54) is 0 Å². The first-order chi connectivity index (χ1) is 16.0. The van der Waals surface area contributed by atoms with E-state index in [1.54, 1.807) is 47.2 Å². The summed E-state index contributed by atoms with van der Waals surface area (Å²) in [5.74, 6) is 0.577. The number of hydrogen-bond donors (Lipinski definition) is 1. The molecule has 0 saturated carbocycles. The predicted molar refractivity (Wildman–Crippen MR) is 126 cm³/mol. The van der Waals surface area contributed by atoms with Crippen molar-refractivity contribution in [3.05, 3.63) is 90.8 Å². The highest BCUT2D eigenvalue weighted by molar-refractivity contribution is 7.92. The van der Waals surface area contributed by atoms with Gasteiger partial charge < -0.3 is 0 Å². The molecule has 0 atom stereocenters. The second kappa shape index (κ2) is 8.44. The summed E-state index contributed by atoms with van der Waals surface area (Å²) in [7, 11) is -3.73. The van der Waals surface area contributed by atoms with Gasteiger partial charge in [-0.25, -0.2) is 8.42 Å². The average molecular weight is 457 g/mol. The minimum Gasteiger partial charge on any atom is -0.280 e. The lowest BCUT2D eigenvalue weighted by molar-refractivity contribution is 0.600. The lowest BCUT2D eigenvalue weighted by atomic mass is 10.1. The van der Waals surface area contributed by atoms with Gasteiger partial charge in [0.1, 0.15) is 0 Å². The molecule has 1 N–H and O–H groups in total. The van der Waals surface area contributed by atoms with E-state index < -0.39 is 10.0 Å². The van der Waals surface area contributed by atoms with Gasteiger partial charge in [-0.15, -0.1) is 10.2 Å². The minimum atomic E-state index is -3.73. The zero-order chi connectivity index (χ0) is 22.8. The fourth-order valence-electron chi connectivity index (χ4n) is 3.63. The van der Waals surface area contributed by atoms with E-state index in [0.29, 0.717) is 29.3 Å². The van der Waals surface area contributed by atoms with Crippen molar-refractivity contribution in [3.63, 3.8) is 0 Å². The standard InChI is InChI=1S/C24H20N6O2S/c1-2-17-7-3-4-11-22(17)33(31,32)29-20-10-5-8-18(15-20)21-12-13-23-26-27-24(30(23)28-21)19-9-6-14-25-16-19/h3-16,29H,2H2,1H3. The second-order valence-electron chi connectivity index (χ2n) is 7.40. The zero-order valence-electron chi connectivity index (χ0n) is 17.8. The van der Waals surface area contributed by atoms with Crippen molar-refractivity contribution in [2.24, 2.45) is 0 Å². The van der Waals surface area contributed by atoms with E-state index in [1.807, 2.05) is 49.4 Å². The van der Waals surface area contributed by atoms with Gasteiger partial charge in [-0.1, -0.05) is 37.3 Å². The molecule has 0 bridgehead atoms. The summed E-state index contributed by atoms with van der Waals surface area (Å²) in [6.45, 7) is 1.93. The van der Waals surface area contributed by atoms with E-state index >= 15 is 0 Å². The molecular formula is C24H20N6O2S. The summed E-state index contributed by atoms with van der Waals surface area (Å²) in [6.07, 6.45) is 4.02. The monoisotopic (exact) mass is 456 g/mol. The molecule has 0 amide bonds. The largest absolute Gasteiger partial charge is 0.280 e. The van der Waals surface area contributed by atoms with Crippen LogP contribution in [0.4, 0.5) is 5.69 Å². The molecule has 5 rings (SSSR count). The van der Waals surface area contributed by atoms with Gasteiger partial charge in [0, 0.05) is 29.2 Å². The summed E-state index contributed by atoms with van der Waals surface area (Å²) in [6, 6.07) is 21.5. The molecule has 3 aromatic heterocycles. The summed E-state index contributed by atoms with van der Waals surface area (Å²) >= 11 is 0. The number of nitrogens with one attached hydrogen (secondary N) is 1. The molecule has 0 unspecified atom stereocenters. The number of anilines is 1. The number of sulfonamides is 1. The van der Waals surface area contributed by atoms with Crippen molar-refractivity contribution in [3.8, 4) is 22.6 Å². The maximum Gasteiger partial charge on any atom is 0.262 e. The van der Waals surface area contributed by atoms with Gasteiger partial charge in [0.25, 0.3) is 10.0 Å². The number of nitrogens with zero attached hydrogens (tertiary/aromatic N) is 5. The van der Waals surface area contributed by atoms with E-state index in [0.717, 1.165) is 16.7 Å². The average Bonchev–Trinajstić information content (AvgIpc) is 3.28. The maximum absolute atomic E-state index is 13.0. The highest BCUT2D eigenvalue weighted by Gasteiger charge is 2.18. The fourth-order valence-corrected chi connectivity index (χ4v) is 4.99. The van der Waals surface area contributed by atoms with Gasteiger partial charge in [0.15, 0.2) is 11.5 Å². The first-order valence-electron chi connectivity index (χ1n) is 10.4. The molecule has 0 fully saturated rings. The molecule has 5 aromatic rings. The smallest absolute Gasteiger partial charge is 0.262 e.